The molecule has 1 unspecified atom stereocenters. The number of nitrogens with two attached hydrogens (primary N) is 1. The lowest BCUT2D eigenvalue weighted by molar-refractivity contribution is -0.122. The molecule has 1 aromatic rings. The molecule has 1 saturated carbocycles. The van der Waals surface area contributed by atoms with Gasteiger partial charge in [0.05, 0.1) is 17.9 Å². The summed E-state index contributed by atoms with van der Waals surface area (Å²) in [5.74, 6) is 0.992. The molecule has 0 bridgehead atoms. The van der Waals surface area contributed by atoms with Crippen LogP contribution in [0.2, 0.25) is 0 Å². The lowest BCUT2D eigenvalue weighted by atomic mass is 10.2. The molecule has 23 heavy (non-hydrogen) atoms. The van der Waals surface area contributed by atoms with E-state index in [4.69, 9.17) is 10.5 Å². The molecule has 3 N–H and O–H groups in total. The lowest BCUT2D eigenvalue weighted by Gasteiger charge is -2.16. The van der Waals surface area contributed by atoms with Gasteiger partial charge in [-0.1, -0.05) is 0 Å². The van der Waals surface area contributed by atoms with E-state index >= 15 is 0 Å². The van der Waals surface area contributed by atoms with Gasteiger partial charge in [0.1, 0.15) is 5.75 Å². The van der Waals surface area contributed by atoms with E-state index in [0.717, 1.165) is 19.1 Å². The largest absolute Gasteiger partial charge is 0.493 e. The average Bonchev–Trinajstić information content (AvgIpc) is 3.29. The lowest BCUT2D eigenvalue weighted by Crippen LogP contribution is -2.42. The molecule has 0 aromatic heterocycles. The van der Waals surface area contributed by atoms with Crippen LogP contribution in [0.1, 0.15) is 19.3 Å². The average molecular weight is 363 g/mol. The summed E-state index contributed by atoms with van der Waals surface area (Å²) in [6.07, 6.45) is 3.66. The Morgan fingerprint density at radius 1 is 1.35 bits per heavy atom. The smallest absolute Gasteiger partial charge is 0.223 e. The molecule has 0 radical (unpaired) electrons. The van der Waals surface area contributed by atoms with Crippen LogP contribution in [-0.2, 0) is 14.6 Å². The van der Waals surface area contributed by atoms with Crippen molar-refractivity contribution in [2.24, 2.45) is 11.7 Å². The number of amides is 1. The van der Waals surface area contributed by atoms with Gasteiger partial charge in [0, 0.05) is 18.8 Å². The van der Waals surface area contributed by atoms with Crippen LogP contribution in [-0.4, -0.2) is 39.8 Å². The quantitative estimate of drug-likeness (QED) is 0.722. The molecule has 0 heterocycles. The third-order valence-corrected chi connectivity index (χ3v) is 4.77. The van der Waals surface area contributed by atoms with Crippen molar-refractivity contribution in [3.8, 4) is 5.75 Å². The van der Waals surface area contributed by atoms with Crippen LogP contribution in [0.25, 0.3) is 0 Å². The Morgan fingerprint density at radius 3 is 2.43 bits per heavy atom. The molecular formula is C15H23ClN2O4S. The minimum absolute atomic E-state index is 0. The number of ether oxygens (including phenoxy) is 1. The first-order valence-corrected chi connectivity index (χ1v) is 9.21. The number of carbonyl (C=O) groups is 1. The fraction of sp³-hybridized carbons (Fsp3) is 0.533. The first-order chi connectivity index (χ1) is 10.4. The highest BCUT2D eigenvalue weighted by atomic mass is 35.5. The number of nitrogens with one attached hydrogen (secondary N) is 1. The summed E-state index contributed by atoms with van der Waals surface area (Å²) in [5.41, 5.74) is 5.64. The number of carbonyl (C=O) groups excluding carboxylic acids is 1. The summed E-state index contributed by atoms with van der Waals surface area (Å²) in [6.45, 7) is 0.705. The van der Waals surface area contributed by atoms with Gasteiger partial charge in [-0.15, -0.1) is 12.4 Å². The van der Waals surface area contributed by atoms with Gasteiger partial charge in [-0.3, -0.25) is 4.79 Å². The summed E-state index contributed by atoms with van der Waals surface area (Å²) in [6, 6.07) is 6.22. The van der Waals surface area contributed by atoms with Crippen LogP contribution in [0.5, 0.6) is 5.75 Å². The minimum Gasteiger partial charge on any atom is -0.493 e. The van der Waals surface area contributed by atoms with E-state index in [-0.39, 0.29) is 42.3 Å². The number of hydrogen-bond donors (Lipinski definition) is 2. The monoisotopic (exact) mass is 362 g/mol. The molecule has 0 saturated heterocycles. The van der Waals surface area contributed by atoms with Crippen LogP contribution in [0.3, 0.4) is 0 Å². The number of rotatable bonds is 8. The van der Waals surface area contributed by atoms with Crippen molar-refractivity contribution in [3.05, 3.63) is 24.3 Å². The third kappa shape index (κ3) is 6.37. The Hall–Kier alpha value is -1.31. The van der Waals surface area contributed by atoms with E-state index in [1.807, 2.05) is 0 Å². The summed E-state index contributed by atoms with van der Waals surface area (Å²) in [4.78, 5) is 12.0. The van der Waals surface area contributed by atoms with Crippen molar-refractivity contribution in [1.29, 1.82) is 0 Å². The number of benzene rings is 1. The van der Waals surface area contributed by atoms with E-state index in [0.29, 0.717) is 18.2 Å². The Labute approximate surface area is 143 Å². The third-order valence-electron chi connectivity index (χ3n) is 3.64. The topological polar surface area (TPSA) is 98.5 Å². The molecule has 0 spiro atoms. The van der Waals surface area contributed by atoms with E-state index in [9.17, 15) is 13.2 Å². The van der Waals surface area contributed by atoms with Gasteiger partial charge in [0.25, 0.3) is 0 Å². The van der Waals surface area contributed by atoms with Crippen molar-refractivity contribution in [1.82, 2.24) is 5.32 Å². The van der Waals surface area contributed by atoms with Crippen LogP contribution < -0.4 is 15.8 Å². The summed E-state index contributed by atoms with van der Waals surface area (Å²) >= 11 is 0. The number of halogens is 1. The van der Waals surface area contributed by atoms with Crippen molar-refractivity contribution in [2.45, 2.75) is 30.2 Å². The molecule has 1 aliphatic rings. The SMILES string of the molecule is CS(=O)(=O)c1ccc(OCCC(=O)NC(CN)C2CC2)cc1.Cl. The van der Waals surface area contributed by atoms with Crippen LogP contribution >= 0.6 is 12.4 Å². The maximum absolute atomic E-state index is 11.8. The van der Waals surface area contributed by atoms with Crippen LogP contribution in [0, 0.1) is 5.92 Å². The Morgan fingerprint density at radius 2 is 1.96 bits per heavy atom. The highest BCUT2D eigenvalue weighted by Crippen LogP contribution is 2.32. The predicted molar refractivity (Wildman–Crippen MR) is 90.6 cm³/mol. The van der Waals surface area contributed by atoms with Gasteiger partial charge in [-0.2, -0.15) is 0 Å². The molecule has 1 aromatic carbocycles. The highest BCUT2D eigenvalue weighted by Gasteiger charge is 2.31. The Kier molecular flexibility index (Phi) is 7.31. The molecule has 0 aliphatic heterocycles. The first-order valence-electron chi connectivity index (χ1n) is 7.32. The molecule has 2 rings (SSSR count). The Balaban J connectivity index is 0.00000264. The van der Waals surface area contributed by atoms with Gasteiger partial charge in [0.15, 0.2) is 9.84 Å². The summed E-state index contributed by atoms with van der Waals surface area (Å²) < 4.78 is 28.1. The standard InChI is InChI=1S/C15H22N2O4S.ClH/c1-22(19,20)13-6-4-12(5-7-13)21-9-8-15(18)17-14(10-16)11-2-3-11;/h4-7,11,14H,2-3,8-10,16H2,1H3,(H,17,18);1H. The molecule has 8 heteroatoms. The summed E-state index contributed by atoms with van der Waals surface area (Å²) in [7, 11) is -3.20. The fourth-order valence-electron chi connectivity index (χ4n) is 2.19. The van der Waals surface area contributed by atoms with E-state index in [2.05, 4.69) is 5.32 Å². The maximum Gasteiger partial charge on any atom is 0.223 e. The minimum atomic E-state index is -3.20. The molecule has 1 aliphatic carbocycles. The van der Waals surface area contributed by atoms with Gasteiger partial charge in [-0.25, -0.2) is 8.42 Å². The molecular weight excluding hydrogens is 340 g/mol. The number of sulfone groups is 1. The second-order valence-electron chi connectivity index (χ2n) is 5.59. The second-order valence-corrected chi connectivity index (χ2v) is 7.60. The second kappa shape index (κ2) is 8.52. The zero-order valence-electron chi connectivity index (χ0n) is 13.0. The molecule has 130 valence electrons. The van der Waals surface area contributed by atoms with Crippen molar-refractivity contribution in [2.75, 3.05) is 19.4 Å². The van der Waals surface area contributed by atoms with E-state index < -0.39 is 9.84 Å². The van der Waals surface area contributed by atoms with Gasteiger partial charge < -0.3 is 15.8 Å². The molecule has 6 nitrogen and oxygen atoms in total. The molecule has 1 amide bonds. The van der Waals surface area contributed by atoms with Crippen molar-refractivity contribution >= 4 is 28.2 Å². The zero-order chi connectivity index (χ0) is 16.2. The molecule has 1 atom stereocenters. The maximum atomic E-state index is 11.8. The van der Waals surface area contributed by atoms with Crippen LogP contribution in [0.4, 0.5) is 0 Å². The fourth-order valence-corrected chi connectivity index (χ4v) is 2.82. The molecule has 1 fully saturated rings. The zero-order valence-corrected chi connectivity index (χ0v) is 14.7. The van der Waals surface area contributed by atoms with Crippen LogP contribution in [0.15, 0.2) is 29.2 Å². The van der Waals surface area contributed by atoms with Crippen molar-refractivity contribution < 1.29 is 17.9 Å². The van der Waals surface area contributed by atoms with E-state index in [1.54, 1.807) is 12.1 Å². The van der Waals surface area contributed by atoms with Gasteiger partial charge in [-0.05, 0) is 43.0 Å². The Bertz CT molecular complexity index is 615. The van der Waals surface area contributed by atoms with Crippen molar-refractivity contribution in [3.63, 3.8) is 0 Å². The van der Waals surface area contributed by atoms with Gasteiger partial charge in [0.2, 0.25) is 5.91 Å². The first kappa shape index (κ1) is 19.7. The number of hydrogen-bond acceptors (Lipinski definition) is 5. The summed E-state index contributed by atoms with van der Waals surface area (Å²) in [5, 5.41) is 2.92. The highest BCUT2D eigenvalue weighted by molar-refractivity contribution is 7.90. The predicted octanol–water partition coefficient (Wildman–Crippen LogP) is 1.13. The van der Waals surface area contributed by atoms with E-state index in [1.165, 1.54) is 12.1 Å². The van der Waals surface area contributed by atoms with Gasteiger partial charge >= 0.3 is 0 Å². The normalized spacial score (nSPS) is 15.4.